The first-order valence-corrected chi connectivity index (χ1v) is 8.78. The van der Waals surface area contributed by atoms with Gasteiger partial charge in [-0.1, -0.05) is 31.2 Å². The SMILES string of the molecule is CCCCSC(=O)N1CCCN(c2ccc(C)cn2)CC1. The summed E-state index contributed by atoms with van der Waals surface area (Å²) in [7, 11) is 0. The van der Waals surface area contributed by atoms with Gasteiger partial charge in [-0.25, -0.2) is 4.98 Å². The predicted molar refractivity (Wildman–Crippen MR) is 90.1 cm³/mol. The Balaban J connectivity index is 1.86. The van der Waals surface area contributed by atoms with Crippen molar-refractivity contribution in [3.05, 3.63) is 23.9 Å². The summed E-state index contributed by atoms with van der Waals surface area (Å²) >= 11 is 1.47. The molecule has 0 bridgehead atoms. The van der Waals surface area contributed by atoms with Crippen molar-refractivity contribution in [3.8, 4) is 0 Å². The van der Waals surface area contributed by atoms with Gasteiger partial charge in [-0.05, 0) is 31.4 Å². The van der Waals surface area contributed by atoms with E-state index in [1.165, 1.54) is 17.3 Å². The smallest absolute Gasteiger partial charge is 0.281 e. The molecule has 2 heterocycles. The number of rotatable bonds is 4. The lowest BCUT2D eigenvalue weighted by Crippen LogP contribution is -2.33. The van der Waals surface area contributed by atoms with E-state index in [4.69, 9.17) is 0 Å². The standard InChI is InChI=1S/C16H25N3OS/c1-3-4-12-21-16(20)19-9-5-8-18(10-11-19)15-7-6-14(2)13-17-15/h6-7,13H,3-5,8-12H2,1-2H3. The zero-order valence-electron chi connectivity index (χ0n) is 13.0. The average Bonchev–Trinajstić information content (AvgIpc) is 2.74. The van der Waals surface area contributed by atoms with Gasteiger partial charge in [0.05, 0.1) is 0 Å². The number of unbranched alkanes of at least 4 members (excludes halogenated alkanes) is 1. The Labute approximate surface area is 131 Å². The molecule has 1 saturated heterocycles. The highest BCUT2D eigenvalue weighted by atomic mass is 32.2. The Bertz CT molecular complexity index is 449. The minimum atomic E-state index is 0.238. The monoisotopic (exact) mass is 307 g/mol. The van der Waals surface area contributed by atoms with Gasteiger partial charge in [0.2, 0.25) is 0 Å². The number of carbonyl (C=O) groups is 1. The van der Waals surface area contributed by atoms with Crippen molar-refractivity contribution >= 4 is 22.8 Å². The Kier molecular flexibility index (Phi) is 6.36. The summed E-state index contributed by atoms with van der Waals surface area (Å²) in [5.74, 6) is 1.96. The van der Waals surface area contributed by atoms with Crippen molar-refractivity contribution in [2.24, 2.45) is 0 Å². The van der Waals surface area contributed by atoms with Crippen LogP contribution in [0.4, 0.5) is 10.6 Å². The zero-order chi connectivity index (χ0) is 15.1. The summed E-state index contributed by atoms with van der Waals surface area (Å²) in [6, 6.07) is 4.17. The number of carbonyl (C=O) groups excluding carboxylic acids is 1. The fourth-order valence-corrected chi connectivity index (χ4v) is 3.34. The van der Waals surface area contributed by atoms with E-state index in [0.29, 0.717) is 0 Å². The molecule has 5 heteroatoms. The molecule has 0 radical (unpaired) electrons. The molecule has 0 atom stereocenters. The molecule has 1 amide bonds. The third kappa shape index (κ3) is 4.92. The van der Waals surface area contributed by atoms with E-state index in [1.54, 1.807) is 0 Å². The van der Waals surface area contributed by atoms with Crippen LogP contribution >= 0.6 is 11.8 Å². The Morgan fingerprint density at radius 1 is 1.29 bits per heavy atom. The summed E-state index contributed by atoms with van der Waals surface area (Å²) in [6.07, 6.45) is 5.18. The molecular weight excluding hydrogens is 282 g/mol. The number of anilines is 1. The summed E-state index contributed by atoms with van der Waals surface area (Å²) in [4.78, 5) is 20.9. The van der Waals surface area contributed by atoms with Gasteiger partial charge in [-0.15, -0.1) is 0 Å². The van der Waals surface area contributed by atoms with E-state index >= 15 is 0 Å². The molecule has 1 fully saturated rings. The van der Waals surface area contributed by atoms with Crippen molar-refractivity contribution < 1.29 is 4.79 Å². The maximum absolute atomic E-state index is 12.2. The first-order chi connectivity index (χ1) is 10.2. The summed E-state index contributed by atoms with van der Waals surface area (Å²) in [5.41, 5.74) is 1.18. The lowest BCUT2D eigenvalue weighted by Gasteiger charge is -2.22. The van der Waals surface area contributed by atoms with Gasteiger partial charge in [0.1, 0.15) is 5.82 Å². The molecule has 2 rings (SSSR count). The number of hydrogen-bond acceptors (Lipinski definition) is 4. The van der Waals surface area contributed by atoms with E-state index in [0.717, 1.165) is 57.0 Å². The highest BCUT2D eigenvalue weighted by Gasteiger charge is 2.19. The topological polar surface area (TPSA) is 36.4 Å². The molecule has 0 saturated carbocycles. The fraction of sp³-hybridized carbons (Fsp3) is 0.625. The molecule has 0 aliphatic carbocycles. The van der Waals surface area contributed by atoms with Crippen LogP contribution in [0.15, 0.2) is 18.3 Å². The normalized spacial score (nSPS) is 15.9. The molecule has 0 N–H and O–H groups in total. The van der Waals surface area contributed by atoms with Crippen LogP contribution in [0, 0.1) is 6.92 Å². The van der Waals surface area contributed by atoms with Crippen molar-refractivity contribution in [3.63, 3.8) is 0 Å². The zero-order valence-corrected chi connectivity index (χ0v) is 13.9. The lowest BCUT2D eigenvalue weighted by molar-refractivity contribution is 0.226. The highest BCUT2D eigenvalue weighted by molar-refractivity contribution is 8.13. The van der Waals surface area contributed by atoms with Gasteiger partial charge in [0, 0.05) is 38.1 Å². The molecular formula is C16H25N3OS. The van der Waals surface area contributed by atoms with Crippen LogP contribution < -0.4 is 4.90 Å². The first kappa shape index (κ1) is 16.1. The minimum absolute atomic E-state index is 0.238. The quantitative estimate of drug-likeness (QED) is 0.797. The number of nitrogens with zero attached hydrogens (tertiary/aromatic N) is 3. The molecule has 0 aromatic carbocycles. The van der Waals surface area contributed by atoms with Crippen LogP contribution in [0.25, 0.3) is 0 Å². The summed E-state index contributed by atoms with van der Waals surface area (Å²) in [5, 5.41) is 0.238. The van der Waals surface area contributed by atoms with Crippen LogP contribution in [0.1, 0.15) is 31.7 Å². The number of aromatic nitrogens is 1. The van der Waals surface area contributed by atoms with Gasteiger partial charge in [0.25, 0.3) is 5.24 Å². The lowest BCUT2D eigenvalue weighted by atomic mass is 10.3. The maximum Gasteiger partial charge on any atom is 0.281 e. The van der Waals surface area contributed by atoms with Gasteiger partial charge in [0.15, 0.2) is 0 Å². The second-order valence-electron chi connectivity index (χ2n) is 5.49. The number of pyridine rings is 1. The second kappa shape index (κ2) is 8.27. The third-order valence-electron chi connectivity index (χ3n) is 3.70. The number of hydrogen-bond donors (Lipinski definition) is 0. The first-order valence-electron chi connectivity index (χ1n) is 7.80. The van der Waals surface area contributed by atoms with Crippen LogP contribution in [0.5, 0.6) is 0 Å². The number of thioether (sulfide) groups is 1. The van der Waals surface area contributed by atoms with Gasteiger partial charge in [-0.2, -0.15) is 0 Å². The molecule has 0 spiro atoms. The van der Waals surface area contributed by atoms with Gasteiger partial charge in [-0.3, -0.25) is 4.79 Å². The Morgan fingerprint density at radius 3 is 2.86 bits per heavy atom. The molecule has 21 heavy (non-hydrogen) atoms. The maximum atomic E-state index is 12.2. The Hall–Kier alpha value is -1.23. The van der Waals surface area contributed by atoms with E-state index in [1.807, 2.05) is 18.0 Å². The molecule has 1 aliphatic heterocycles. The number of amides is 1. The van der Waals surface area contributed by atoms with Crippen LogP contribution in [0.3, 0.4) is 0 Å². The van der Waals surface area contributed by atoms with Crippen molar-refractivity contribution in [2.75, 3.05) is 36.8 Å². The molecule has 1 aliphatic rings. The van der Waals surface area contributed by atoms with Gasteiger partial charge < -0.3 is 9.80 Å². The van der Waals surface area contributed by atoms with Crippen LogP contribution in [-0.4, -0.2) is 47.1 Å². The van der Waals surface area contributed by atoms with Crippen LogP contribution in [-0.2, 0) is 0 Å². The minimum Gasteiger partial charge on any atom is -0.355 e. The highest BCUT2D eigenvalue weighted by Crippen LogP contribution is 2.17. The van der Waals surface area contributed by atoms with Crippen molar-refractivity contribution in [2.45, 2.75) is 33.1 Å². The largest absolute Gasteiger partial charge is 0.355 e. The van der Waals surface area contributed by atoms with Crippen molar-refractivity contribution in [1.82, 2.24) is 9.88 Å². The third-order valence-corrected chi connectivity index (χ3v) is 4.70. The molecule has 4 nitrogen and oxygen atoms in total. The predicted octanol–water partition coefficient (Wildman–Crippen LogP) is 3.56. The second-order valence-corrected chi connectivity index (χ2v) is 6.54. The Morgan fingerprint density at radius 2 is 2.14 bits per heavy atom. The molecule has 1 aromatic rings. The summed E-state index contributed by atoms with van der Waals surface area (Å²) < 4.78 is 0. The van der Waals surface area contributed by atoms with E-state index in [2.05, 4.69) is 28.9 Å². The van der Waals surface area contributed by atoms with Gasteiger partial charge >= 0.3 is 0 Å². The average molecular weight is 307 g/mol. The van der Waals surface area contributed by atoms with E-state index < -0.39 is 0 Å². The molecule has 0 unspecified atom stereocenters. The van der Waals surface area contributed by atoms with E-state index in [-0.39, 0.29) is 5.24 Å². The fourth-order valence-electron chi connectivity index (χ4n) is 2.37. The van der Waals surface area contributed by atoms with Crippen molar-refractivity contribution in [1.29, 1.82) is 0 Å². The van der Waals surface area contributed by atoms with Crippen LogP contribution in [0.2, 0.25) is 0 Å². The molecule has 116 valence electrons. The number of aryl methyl sites for hydroxylation is 1. The summed E-state index contributed by atoms with van der Waals surface area (Å²) in [6.45, 7) is 7.71. The van der Waals surface area contributed by atoms with E-state index in [9.17, 15) is 4.79 Å². The molecule has 1 aromatic heterocycles.